The van der Waals surface area contributed by atoms with Gasteiger partial charge in [-0.25, -0.2) is 9.67 Å². The van der Waals surface area contributed by atoms with Crippen LogP contribution in [0.2, 0.25) is 0 Å². The molecule has 0 atom stereocenters. The first-order chi connectivity index (χ1) is 9.33. The lowest BCUT2D eigenvalue weighted by molar-refractivity contribution is 0.00902. The summed E-state index contributed by atoms with van der Waals surface area (Å²) in [5.74, 6) is 1.07. The van der Waals surface area contributed by atoms with Gasteiger partial charge < -0.3 is 10.5 Å². The van der Waals surface area contributed by atoms with Crippen LogP contribution in [0.5, 0.6) is 0 Å². The number of hydrogen-bond donors (Lipinski definition) is 1. The fraction of sp³-hybridized carbons (Fsp3) is 0.846. The third-order valence-corrected chi connectivity index (χ3v) is 3.50. The molecule has 0 unspecified atom stereocenters. The number of aryl methyl sites for hydroxylation is 1. The molecular formula is C13H25N5O. The first-order valence-corrected chi connectivity index (χ1v) is 7.24. The lowest BCUT2D eigenvalue weighted by Gasteiger charge is -2.31. The molecular weight excluding hydrogens is 242 g/mol. The Hall–Kier alpha value is -0.980. The van der Waals surface area contributed by atoms with Gasteiger partial charge in [-0.1, -0.05) is 6.92 Å². The maximum Gasteiger partial charge on any atom is 0.141 e. The van der Waals surface area contributed by atoms with Gasteiger partial charge in [0.05, 0.1) is 19.3 Å². The van der Waals surface area contributed by atoms with E-state index in [4.69, 9.17) is 10.5 Å². The Morgan fingerprint density at radius 1 is 1.42 bits per heavy atom. The fourth-order valence-electron chi connectivity index (χ4n) is 2.48. The van der Waals surface area contributed by atoms with Crippen LogP contribution in [0.15, 0.2) is 6.33 Å². The maximum atomic E-state index is 5.69. The Morgan fingerprint density at radius 3 is 2.89 bits per heavy atom. The molecule has 0 aliphatic carbocycles. The van der Waals surface area contributed by atoms with E-state index < -0.39 is 0 Å². The van der Waals surface area contributed by atoms with E-state index in [1.807, 2.05) is 4.68 Å². The molecule has 0 bridgehead atoms. The van der Waals surface area contributed by atoms with Crippen molar-refractivity contribution in [2.24, 2.45) is 5.73 Å². The van der Waals surface area contributed by atoms with Gasteiger partial charge in [-0.3, -0.25) is 4.90 Å². The Balaban J connectivity index is 1.77. The predicted octanol–water partition coefficient (Wildman–Crippen LogP) is 0.628. The van der Waals surface area contributed by atoms with Crippen LogP contribution in [0.25, 0.3) is 0 Å². The second-order valence-corrected chi connectivity index (χ2v) is 5.03. The predicted molar refractivity (Wildman–Crippen MR) is 73.6 cm³/mol. The molecule has 1 aliphatic rings. The number of nitrogens with zero attached hydrogens (tertiary/aromatic N) is 4. The molecule has 2 heterocycles. The number of nitrogens with two attached hydrogens (primary N) is 1. The summed E-state index contributed by atoms with van der Waals surface area (Å²) in [5.41, 5.74) is 5.46. The summed E-state index contributed by atoms with van der Waals surface area (Å²) in [6.07, 6.45) is 5.30. The molecule has 2 N–H and O–H groups in total. The molecule has 6 heteroatoms. The SMILES string of the molecule is CCCn1ncnc1CN1CCC(OCCN)CC1. The average molecular weight is 267 g/mol. The Kier molecular flexibility index (Phi) is 5.75. The minimum Gasteiger partial charge on any atom is -0.377 e. The highest BCUT2D eigenvalue weighted by molar-refractivity contribution is 4.86. The minimum atomic E-state index is 0.383. The van der Waals surface area contributed by atoms with Crippen LogP contribution in [0.1, 0.15) is 32.0 Å². The molecule has 108 valence electrons. The van der Waals surface area contributed by atoms with E-state index >= 15 is 0 Å². The van der Waals surface area contributed by atoms with E-state index in [2.05, 4.69) is 21.9 Å². The summed E-state index contributed by atoms with van der Waals surface area (Å²) in [4.78, 5) is 6.79. The van der Waals surface area contributed by atoms with Gasteiger partial charge in [0.2, 0.25) is 0 Å². The van der Waals surface area contributed by atoms with Gasteiger partial charge in [-0.15, -0.1) is 0 Å². The smallest absolute Gasteiger partial charge is 0.141 e. The van der Waals surface area contributed by atoms with E-state index in [1.165, 1.54) is 0 Å². The van der Waals surface area contributed by atoms with Crippen molar-refractivity contribution in [3.05, 3.63) is 12.2 Å². The van der Waals surface area contributed by atoms with Gasteiger partial charge in [0.25, 0.3) is 0 Å². The van der Waals surface area contributed by atoms with Crippen molar-refractivity contribution in [2.75, 3.05) is 26.2 Å². The van der Waals surface area contributed by atoms with Crippen molar-refractivity contribution >= 4 is 0 Å². The molecule has 1 aliphatic heterocycles. The zero-order valence-electron chi connectivity index (χ0n) is 11.8. The van der Waals surface area contributed by atoms with Crippen molar-refractivity contribution in [3.63, 3.8) is 0 Å². The van der Waals surface area contributed by atoms with Crippen molar-refractivity contribution in [2.45, 2.75) is 45.4 Å². The van der Waals surface area contributed by atoms with Crippen molar-refractivity contribution in [3.8, 4) is 0 Å². The van der Waals surface area contributed by atoms with Gasteiger partial charge in [0, 0.05) is 26.2 Å². The molecule has 0 saturated carbocycles. The Labute approximate surface area is 114 Å². The summed E-state index contributed by atoms with van der Waals surface area (Å²) >= 11 is 0. The number of ether oxygens (including phenoxy) is 1. The number of piperidine rings is 1. The van der Waals surface area contributed by atoms with E-state index in [0.717, 1.165) is 51.3 Å². The highest BCUT2D eigenvalue weighted by Gasteiger charge is 2.20. The minimum absolute atomic E-state index is 0.383. The van der Waals surface area contributed by atoms with Crippen LogP contribution in [0.3, 0.4) is 0 Å². The van der Waals surface area contributed by atoms with Gasteiger partial charge in [-0.05, 0) is 19.3 Å². The summed E-state index contributed by atoms with van der Waals surface area (Å²) in [6.45, 7) is 7.42. The normalized spacial score (nSPS) is 18.0. The summed E-state index contributed by atoms with van der Waals surface area (Å²) in [5, 5.41) is 4.27. The van der Waals surface area contributed by atoms with Crippen molar-refractivity contribution in [1.82, 2.24) is 19.7 Å². The lowest BCUT2D eigenvalue weighted by Crippen LogP contribution is -2.37. The second-order valence-electron chi connectivity index (χ2n) is 5.03. The van der Waals surface area contributed by atoms with Gasteiger partial charge in [-0.2, -0.15) is 5.10 Å². The molecule has 0 radical (unpaired) electrons. The standard InChI is InChI=1S/C13H25N5O/c1-2-6-18-13(15-11-16-18)10-17-7-3-12(4-8-17)19-9-5-14/h11-12H,2-10,14H2,1H3. The zero-order chi connectivity index (χ0) is 13.5. The largest absolute Gasteiger partial charge is 0.377 e. The fourth-order valence-corrected chi connectivity index (χ4v) is 2.48. The molecule has 1 saturated heterocycles. The molecule has 1 fully saturated rings. The number of rotatable bonds is 7. The van der Waals surface area contributed by atoms with E-state index in [0.29, 0.717) is 19.3 Å². The quantitative estimate of drug-likeness (QED) is 0.784. The van der Waals surface area contributed by atoms with Gasteiger partial charge in [0.1, 0.15) is 12.2 Å². The first-order valence-electron chi connectivity index (χ1n) is 7.24. The van der Waals surface area contributed by atoms with Crippen molar-refractivity contribution in [1.29, 1.82) is 0 Å². The Bertz CT molecular complexity index is 360. The highest BCUT2D eigenvalue weighted by Crippen LogP contribution is 2.15. The molecule has 0 aromatic carbocycles. The van der Waals surface area contributed by atoms with Gasteiger partial charge in [0.15, 0.2) is 0 Å². The van der Waals surface area contributed by atoms with Crippen LogP contribution in [0, 0.1) is 0 Å². The first kappa shape index (κ1) is 14.4. The third kappa shape index (κ3) is 4.26. The lowest BCUT2D eigenvalue weighted by atomic mass is 10.1. The topological polar surface area (TPSA) is 69.2 Å². The molecule has 6 nitrogen and oxygen atoms in total. The van der Waals surface area contributed by atoms with Crippen LogP contribution >= 0.6 is 0 Å². The van der Waals surface area contributed by atoms with E-state index in [1.54, 1.807) is 6.33 Å². The second kappa shape index (κ2) is 7.57. The molecule has 2 rings (SSSR count). The number of aromatic nitrogens is 3. The highest BCUT2D eigenvalue weighted by atomic mass is 16.5. The van der Waals surface area contributed by atoms with Gasteiger partial charge >= 0.3 is 0 Å². The molecule has 1 aromatic rings. The Morgan fingerprint density at radius 2 is 2.21 bits per heavy atom. The summed E-state index contributed by atoms with van der Waals surface area (Å²) in [7, 11) is 0. The van der Waals surface area contributed by atoms with E-state index in [9.17, 15) is 0 Å². The number of hydrogen-bond acceptors (Lipinski definition) is 5. The summed E-state index contributed by atoms with van der Waals surface area (Å²) < 4.78 is 7.70. The van der Waals surface area contributed by atoms with Crippen LogP contribution in [-0.2, 0) is 17.8 Å². The molecule has 0 amide bonds. The van der Waals surface area contributed by atoms with E-state index in [-0.39, 0.29) is 0 Å². The zero-order valence-corrected chi connectivity index (χ0v) is 11.8. The van der Waals surface area contributed by atoms with Crippen LogP contribution in [-0.4, -0.2) is 52.0 Å². The molecule has 1 aromatic heterocycles. The molecule has 19 heavy (non-hydrogen) atoms. The monoisotopic (exact) mass is 267 g/mol. The number of likely N-dealkylation sites (tertiary alicyclic amines) is 1. The maximum absolute atomic E-state index is 5.69. The average Bonchev–Trinajstić information content (AvgIpc) is 2.86. The molecule has 0 spiro atoms. The van der Waals surface area contributed by atoms with Crippen LogP contribution in [0.4, 0.5) is 0 Å². The van der Waals surface area contributed by atoms with Crippen molar-refractivity contribution < 1.29 is 4.74 Å². The van der Waals surface area contributed by atoms with Crippen LogP contribution < -0.4 is 5.73 Å². The summed E-state index contributed by atoms with van der Waals surface area (Å²) in [6, 6.07) is 0. The third-order valence-electron chi connectivity index (χ3n) is 3.50.